The number of rotatable bonds is 3. The van der Waals surface area contributed by atoms with Crippen molar-refractivity contribution in [3.05, 3.63) is 47.8 Å². The lowest BCUT2D eigenvalue weighted by Gasteiger charge is -2.22. The van der Waals surface area contributed by atoms with Crippen molar-refractivity contribution in [2.24, 2.45) is 0 Å². The van der Waals surface area contributed by atoms with E-state index < -0.39 is 10.0 Å². The van der Waals surface area contributed by atoms with Gasteiger partial charge in [-0.3, -0.25) is 0 Å². The predicted molar refractivity (Wildman–Crippen MR) is 81.8 cm³/mol. The van der Waals surface area contributed by atoms with Crippen LogP contribution in [-0.2, 0) is 10.0 Å². The first-order chi connectivity index (χ1) is 10.1. The second kappa shape index (κ2) is 5.64. The van der Waals surface area contributed by atoms with Gasteiger partial charge in [0.2, 0.25) is 0 Å². The Morgan fingerprint density at radius 3 is 2.29 bits per heavy atom. The van der Waals surface area contributed by atoms with Crippen LogP contribution >= 0.6 is 0 Å². The fourth-order valence-corrected chi connectivity index (χ4v) is 4.14. The van der Waals surface area contributed by atoms with E-state index in [1.165, 1.54) is 43.9 Å². The van der Waals surface area contributed by atoms with Crippen molar-refractivity contribution in [1.29, 1.82) is 0 Å². The Hall–Kier alpha value is -1.62. The minimum absolute atomic E-state index is 0.296. The number of benzene rings is 1. The zero-order valence-corrected chi connectivity index (χ0v) is 13.0. The summed E-state index contributed by atoms with van der Waals surface area (Å²) in [4.78, 5) is 0.296. The zero-order valence-electron chi connectivity index (χ0n) is 12.2. The maximum Gasteiger partial charge on any atom is 0.282 e. The van der Waals surface area contributed by atoms with Gasteiger partial charge in [0.15, 0.2) is 0 Å². The second-order valence-electron chi connectivity index (χ2n) is 5.74. The molecule has 1 aliphatic rings. The second-order valence-corrected chi connectivity index (χ2v) is 7.53. The first kappa shape index (κ1) is 14.3. The fourth-order valence-electron chi connectivity index (χ4n) is 2.98. The van der Waals surface area contributed by atoms with E-state index in [1.54, 1.807) is 25.1 Å². The molecule has 21 heavy (non-hydrogen) atoms. The number of hydrogen-bond donors (Lipinski definition) is 0. The first-order valence-corrected chi connectivity index (χ1v) is 8.89. The van der Waals surface area contributed by atoms with Crippen LogP contribution in [0.25, 0.3) is 0 Å². The summed E-state index contributed by atoms with van der Waals surface area (Å²) in [5.74, 6) is 0.586. The Kier molecular flexibility index (Phi) is 3.85. The van der Waals surface area contributed by atoms with E-state index in [0.717, 1.165) is 4.09 Å². The molecule has 0 atom stereocenters. The summed E-state index contributed by atoms with van der Waals surface area (Å²) in [5.41, 5.74) is 1.95. The van der Waals surface area contributed by atoms with Crippen LogP contribution < -0.4 is 0 Å². The fraction of sp³-hybridized carbons (Fsp3) is 0.438. The Balaban J connectivity index is 1.86. The van der Waals surface area contributed by atoms with Gasteiger partial charge in [-0.1, -0.05) is 31.4 Å². The molecule has 0 unspecified atom stereocenters. The van der Waals surface area contributed by atoms with Crippen LogP contribution in [0, 0.1) is 6.92 Å². The van der Waals surface area contributed by atoms with Gasteiger partial charge in [0.05, 0.1) is 10.6 Å². The lowest BCUT2D eigenvalue weighted by molar-refractivity contribution is 0.443. The van der Waals surface area contributed by atoms with Gasteiger partial charge in [-0.15, -0.1) is 0 Å². The molecule has 0 amide bonds. The SMILES string of the molecule is Cc1ccn(S(=O)(=O)c2ccc(C3CCCCC3)cc2)n1. The molecular weight excluding hydrogens is 284 g/mol. The Morgan fingerprint density at radius 2 is 1.71 bits per heavy atom. The highest BCUT2D eigenvalue weighted by atomic mass is 32.2. The highest BCUT2D eigenvalue weighted by Crippen LogP contribution is 2.33. The molecule has 0 N–H and O–H groups in total. The molecule has 0 spiro atoms. The molecule has 2 aromatic rings. The van der Waals surface area contributed by atoms with Crippen molar-refractivity contribution >= 4 is 10.0 Å². The molecule has 0 aliphatic heterocycles. The van der Waals surface area contributed by atoms with Gasteiger partial charge >= 0.3 is 0 Å². The molecule has 1 aliphatic carbocycles. The molecule has 3 rings (SSSR count). The lowest BCUT2D eigenvalue weighted by atomic mass is 9.84. The molecule has 0 saturated heterocycles. The van der Waals surface area contributed by atoms with Crippen LogP contribution in [0.5, 0.6) is 0 Å². The van der Waals surface area contributed by atoms with E-state index in [1.807, 2.05) is 12.1 Å². The summed E-state index contributed by atoms with van der Waals surface area (Å²) in [6.45, 7) is 1.78. The van der Waals surface area contributed by atoms with Crippen LogP contribution in [-0.4, -0.2) is 17.6 Å². The van der Waals surface area contributed by atoms with E-state index in [2.05, 4.69) is 5.10 Å². The predicted octanol–water partition coefficient (Wildman–Crippen LogP) is 3.48. The van der Waals surface area contributed by atoms with E-state index in [9.17, 15) is 8.42 Å². The van der Waals surface area contributed by atoms with Crippen molar-refractivity contribution < 1.29 is 8.42 Å². The molecule has 1 aromatic carbocycles. The first-order valence-electron chi connectivity index (χ1n) is 7.45. The molecule has 5 heteroatoms. The third-order valence-electron chi connectivity index (χ3n) is 4.20. The maximum absolute atomic E-state index is 12.4. The summed E-state index contributed by atoms with van der Waals surface area (Å²) in [6, 6.07) is 9.01. The van der Waals surface area contributed by atoms with Crippen LogP contribution in [0.2, 0.25) is 0 Å². The van der Waals surface area contributed by atoms with E-state index >= 15 is 0 Å². The quantitative estimate of drug-likeness (QED) is 0.872. The lowest BCUT2D eigenvalue weighted by Crippen LogP contribution is -2.14. The molecule has 112 valence electrons. The molecule has 0 bridgehead atoms. The number of aromatic nitrogens is 2. The molecule has 4 nitrogen and oxygen atoms in total. The van der Waals surface area contributed by atoms with Gasteiger partial charge in [0, 0.05) is 6.20 Å². The zero-order chi connectivity index (χ0) is 14.9. The van der Waals surface area contributed by atoms with Crippen LogP contribution in [0.3, 0.4) is 0 Å². The Bertz CT molecular complexity index is 711. The van der Waals surface area contributed by atoms with E-state index in [0.29, 0.717) is 16.5 Å². The molecule has 1 saturated carbocycles. The largest absolute Gasteiger partial charge is 0.282 e. The van der Waals surface area contributed by atoms with Gasteiger partial charge in [-0.05, 0) is 49.4 Å². The van der Waals surface area contributed by atoms with Crippen LogP contribution in [0.4, 0.5) is 0 Å². The highest BCUT2D eigenvalue weighted by Gasteiger charge is 2.19. The monoisotopic (exact) mass is 304 g/mol. The normalized spacial score (nSPS) is 17.0. The smallest absolute Gasteiger partial charge is 0.199 e. The van der Waals surface area contributed by atoms with Crippen LogP contribution in [0.1, 0.15) is 49.3 Å². The third kappa shape index (κ3) is 2.88. The average Bonchev–Trinajstić information content (AvgIpc) is 2.96. The highest BCUT2D eigenvalue weighted by molar-refractivity contribution is 7.89. The van der Waals surface area contributed by atoms with Gasteiger partial charge in [0.25, 0.3) is 10.0 Å². The van der Waals surface area contributed by atoms with Crippen molar-refractivity contribution in [1.82, 2.24) is 9.19 Å². The number of nitrogens with zero attached hydrogens (tertiary/aromatic N) is 2. The van der Waals surface area contributed by atoms with Crippen molar-refractivity contribution in [2.75, 3.05) is 0 Å². The van der Waals surface area contributed by atoms with E-state index in [4.69, 9.17) is 0 Å². The summed E-state index contributed by atoms with van der Waals surface area (Å²) in [5, 5.41) is 4.00. The third-order valence-corrected chi connectivity index (χ3v) is 5.76. The van der Waals surface area contributed by atoms with Crippen molar-refractivity contribution in [3.8, 4) is 0 Å². The van der Waals surface area contributed by atoms with Gasteiger partial charge in [-0.25, -0.2) is 0 Å². The summed E-state index contributed by atoms with van der Waals surface area (Å²) in [6.07, 6.45) is 7.78. The minimum atomic E-state index is -3.56. The topological polar surface area (TPSA) is 52.0 Å². The number of aryl methyl sites for hydroxylation is 1. The molecule has 1 aromatic heterocycles. The summed E-state index contributed by atoms with van der Waals surface area (Å²) >= 11 is 0. The van der Waals surface area contributed by atoms with Crippen LogP contribution in [0.15, 0.2) is 41.4 Å². The van der Waals surface area contributed by atoms with Gasteiger partial charge < -0.3 is 0 Å². The van der Waals surface area contributed by atoms with Crippen molar-refractivity contribution in [2.45, 2.75) is 49.8 Å². The van der Waals surface area contributed by atoms with E-state index in [-0.39, 0.29) is 0 Å². The Morgan fingerprint density at radius 1 is 1.05 bits per heavy atom. The standard InChI is InChI=1S/C16H20N2O2S/c1-13-11-12-18(17-13)21(19,20)16-9-7-15(8-10-16)14-5-3-2-4-6-14/h7-12,14H,2-6H2,1H3. The van der Waals surface area contributed by atoms with Gasteiger partial charge in [0.1, 0.15) is 0 Å². The maximum atomic E-state index is 12.4. The van der Waals surface area contributed by atoms with Crippen molar-refractivity contribution in [3.63, 3.8) is 0 Å². The average molecular weight is 304 g/mol. The molecule has 0 radical (unpaired) electrons. The summed E-state index contributed by atoms with van der Waals surface area (Å²) < 4.78 is 25.9. The minimum Gasteiger partial charge on any atom is -0.199 e. The summed E-state index contributed by atoms with van der Waals surface area (Å²) in [7, 11) is -3.56. The molecule has 1 fully saturated rings. The molecular formula is C16H20N2O2S. The molecule has 1 heterocycles. The van der Waals surface area contributed by atoms with Gasteiger partial charge in [-0.2, -0.15) is 17.6 Å². The number of hydrogen-bond acceptors (Lipinski definition) is 3. The Labute approximate surface area is 125 Å².